The fourth-order valence-electron chi connectivity index (χ4n) is 3.06. The van der Waals surface area contributed by atoms with Crippen molar-refractivity contribution < 1.29 is 0 Å². The van der Waals surface area contributed by atoms with Crippen LogP contribution in [0.2, 0.25) is 0 Å². The van der Waals surface area contributed by atoms with E-state index in [0.717, 1.165) is 0 Å². The van der Waals surface area contributed by atoms with E-state index in [1.807, 2.05) is 0 Å². The van der Waals surface area contributed by atoms with Crippen LogP contribution >= 0.6 is 21.6 Å². The summed E-state index contributed by atoms with van der Waals surface area (Å²) < 4.78 is 0. The molecule has 0 saturated heterocycles. The molecule has 0 N–H and O–H groups in total. The third kappa shape index (κ3) is 22.7. The minimum atomic E-state index is 1.37. The second kappa shape index (κ2) is 23.7. The van der Waals surface area contributed by atoms with Gasteiger partial charge in [-0.15, -0.1) is 0 Å². The summed E-state index contributed by atoms with van der Waals surface area (Å²) in [5.74, 6) is 2.75. The molecule has 0 amide bonds. The maximum Gasteiger partial charge on any atom is 0.00369 e. The van der Waals surface area contributed by atoms with Crippen molar-refractivity contribution in [3.8, 4) is 0 Å². The lowest BCUT2D eigenvalue weighted by Gasteiger charge is -2.03. The van der Waals surface area contributed by atoms with Gasteiger partial charge < -0.3 is 0 Å². The van der Waals surface area contributed by atoms with Crippen molar-refractivity contribution in [3.05, 3.63) is 0 Å². The molecular formula is C22H46S2. The predicted molar refractivity (Wildman–Crippen MR) is 119 cm³/mol. The highest BCUT2D eigenvalue weighted by atomic mass is 33.1. The van der Waals surface area contributed by atoms with Gasteiger partial charge in [0.15, 0.2) is 0 Å². The summed E-state index contributed by atoms with van der Waals surface area (Å²) >= 11 is 0. The molecule has 0 aromatic heterocycles. The summed E-state index contributed by atoms with van der Waals surface area (Å²) in [7, 11) is 4.24. The number of rotatable bonds is 21. The maximum atomic E-state index is 2.30. The van der Waals surface area contributed by atoms with Crippen LogP contribution in [0.15, 0.2) is 0 Å². The third-order valence-electron chi connectivity index (χ3n) is 4.75. The fraction of sp³-hybridized carbons (Fsp3) is 1.00. The van der Waals surface area contributed by atoms with E-state index < -0.39 is 0 Å². The monoisotopic (exact) mass is 374 g/mol. The van der Waals surface area contributed by atoms with Gasteiger partial charge in [-0.2, -0.15) is 0 Å². The van der Waals surface area contributed by atoms with Crippen molar-refractivity contribution in [2.45, 2.75) is 129 Å². The van der Waals surface area contributed by atoms with Crippen molar-refractivity contribution >= 4 is 21.6 Å². The van der Waals surface area contributed by atoms with Crippen LogP contribution in [0.25, 0.3) is 0 Å². The van der Waals surface area contributed by atoms with E-state index >= 15 is 0 Å². The van der Waals surface area contributed by atoms with Crippen molar-refractivity contribution in [1.29, 1.82) is 0 Å². The first kappa shape index (κ1) is 24.7. The summed E-state index contributed by atoms with van der Waals surface area (Å²) in [6.45, 7) is 4.59. The maximum absolute atomic E-state index is 2.30. The van der Waals surface area contributed by atoms with Gasteiger partial charge >= 0.3 is 0 Å². The highest BCUT2D eigenvalue weighted by molar-refractivity contribution is 8.76. The Balaban J connectivity index is 2.93. The molecule has 0 nitrogen and oxygen atoms in total. The molecule has 0 aromatic carbocycles. The highest BCUT2D eigenvalue weighted by Gasteiger charge is 1.95. The van der Waals surface area contributed by atoms with E-state index in [-0.39, 0.29) is 0 Å². The molecule has 0 aliphatic carbocycles. The summed E-state index contributed by atoms with van der Waals surface area (Å²) in [5.41, 5.74) is 0. The van der Waals surface area contributed by atoms with Crippen molar-refractivity contribution in [1.82, 2.24) is 0 Å². The SMILES string of the molecule is CCCCCCCCCCCSSCCCCCCCCCCC. The Morgan fingerprint density at radius 1 is 0.333 bits per heavy atom. The van der Waals surface area contributed by atoms with Crippen LogP contribution in [0.1, 0.15) is 129 Å². The van der Waals surface area contributed by atoms with Crippen LogP contribution in [0.5, 0.6) is 0 Å². The molecule has 0 rings (SSSR count). The molecule has 0 radical (unpaired) electrons. The Bertz CT molecular complexity index is 184. The lowest BCUT2D eigenvalue weighted by molar-refractivity contribution is 0.573. The van der Waals surface area contributed by atoms with Gasteiger partial charge in [0.05, 0.1) is 0 Å². The molecule has 0 aliphatic heterocycles. The second-order valence-corrected chi connectivity index (χ2v) is 10.0. The standard InChI is InChI=1S/C22H46S2/c1-3-5-7-9-11-13-15-17-19-21-23-24-22-20-18-16-14-12-10-8-6-4-2/h3-22H2,1-2H3. The second-order valence-electron chi connectivity index (χ2n) is 7.30. The van der Waals surface area contributed by atoms with Crippen LogP contribution in [0.4, 0.5) is 0 Å². The molecule has 0 aromatic rings. The molecule has 0 heterocycles. The first-order valence-corrected chi connectivity index (χ1v) is 13.6. The Morgan fingerprint density at radius 2 is 0.583 bits per heavy atom. The normalized spacial score (nSPS) is 11.2. The van der Waals surface area contributed by atoms with Gasteiger partial charge in [-0.1, -0.05) is 138 Å². The number of hydrogen-bond donors (Lipinski definition) is 0. The highest BCUT2D eigenvalue weighted by Crippen LogP contribution is 2.24. The zero-order chi connectivity index (χ0) is 17.6. The molecule has 2 heteroatoms. The van der Waals surface area contributed by atoms with Crippen molar-refractivity contribution in [3.63, 3.8) is 0 Å². The van der Waals surface area contributed by atoms with Crippen molar-refractivity contribution in [2.24, 2.45) is 0 Å². The molecule has 0 atom stereocenters. The summed E-state index contributed by atoms with van der Waals surface area (Å²) in [4.78, 5) is 0. The number of unbranched alkanes of at least 4 members (excludes halogenated alkanes) is 16. The molecule has 146 valence electrons. The smallest absolute Gasteiger partial charge is 0.00369 e. The van der Waals surface area contributed by atoms with Gasteiger partial charge in [0, 0.05) is 11.5 Å². The van der Waals surface area contributed by atoms with E-state index in [2.05, 4.69) is 35.4 Å². The average molecular weight is 375 g/mol. The molecule has 0 aliphatic rings. The van der Waals surface area contributed by atoms with Crippen LogP contribution in [-0.4, -0.2) is 11.5 Å². The van der Waals surface area contributed by atoms with Crippen LogP contribution in [-0.2, 0) is 0 Å². The van der Waals surface area contributed by atoms with E-state index in [0.29, 0.717) is 0 Å². The van der Waals surface area contributed by atoms with Gasteiger partial charge in [-0.3, -0.25) is 0 Å². The first-order valence-electron chi connectivity index (χ1n) is 11.2. The molecule has 24 heavy (non-hydrogen) atoms. The van der Waals surface area contributed by atoms with Gasteiger partial charge in [-0.05, 0) is 12.8 Å². The molecule has 0 fully saturated rings. The lowest BCUT2D eigenvalue weighted by atomic mass is 10.1. The predicted octanol–water partition coefficient (Wildman–Crippen LogP) is 9.43. The van der Waals surface area contributed by atoms with E-state index in [9.17, 15) is 0 Å². The van der Waals surface area contributed by atoms with Crippen LogP contribution in [0.3, 0.4) is 0 Å². The van der Waals surface area contributed by atoms with E-state index in [1.54, 1.807) is 0 Å². The quantitative estimate of drug-likeness (QED) is 0.145. The van der Waals surface area contributed by atoms with Crippen molar-refractivity contribution in [2.75, 3.05) is 11.5 Å². The topological polar surface area (TPSA) is 0 Å². The average Bonchev–Trinajstić information content (AvgIpc) is 2.60. The first-order chi connectivity index (χ1) is 11.9. The minimum absolute atomic E-state index is 1.37. The third-order valence-corrected chi connectivity index (χ3v) is 7.32. The van der Waals surface area contributed by atoms with E-state index in [1.165, 1.54) is 127 Å². The summed E-state index contributed by atoms with van der Waals surface area (Å²) in [6, 6.07) is 0. The van der Waals surface area contributed by atoms with E-state index in [4.69, 9.17) is 0 Å². The van der Waals surface area contributed by atoms with Gasteiger partial charge in [0.25, 0.3) is 0 Å². The Labute approximate surface area is 162 Å². The summed E-state index contributed by atoms with van der Waals surface area (Å²) in [5, 5.41) is 0. The molecule has 0 saturated carbocycles. The lowest BCUT2D eigenvalue weighted by Crippen LogP contribution is -1.84. The molecular weight excluding hydrogens is 328 g/mol. The molecule has 0 unspecified atom stereocenters. The minimum Gasteiger partial charge on any atom is -0.0942 e. The van der Waals surface area contributed by atoms with Gasteiger partial charge in [0.2, 0.25) is 0 Å². The Morgan fingerprint density at radius 3 is 0.875 bits per heavy atom. The Hall–Kier alpha value is 0.700. The zero-order valence-corrected chi connectivity index (χ0v) is 18.6. The zero-order valence-electron chi connectivity index (χ0n) is 17.0. The fourth-order valence-corrected chi connectivity index (χ4v) is 5.36. The summed E-state index contributed by atoms with van der Waals surface area (Å²) in [6.07, 6.45) is 26.1. The molecule has 0 spiro atoms. The largest absolute Gasteiger partial charge is 0.0942 e. The Kier molecular flexibility index (Phi) is 24.4. The van der Waals surface area contributed by atoms with Crippen LogP contribution in [0, 0.1) is 0 Å². The number of hydrogen-bond acceptors (Lipinski definition) is 2. The molecule has 0 bridgehead atoms. The van der Waals surface area contributed by atoms with Gasteiger partial charge in [0.1, 0.15) is 0 Å². The van der Waals surface area contributed by atoms with Gasteiger partial charge in [-0.25, -0.2) is 0 Å². The van der Waals surface area contributed by atoms with Crippen LogP contribution < -0.4 is 0 Å².